The predicted molar refractivity (Wildman–Crippen MR) is 142 cm³/mol. The van der Waals surface area contributed by atoms with Gasteiger partial charge in [0.1, 0.15) is 10.8 Å². The quantitative estimate of drug-likeness (QED) is 0.402. The average molecular weight is 529 g/mol. The number of hydrogen-bond donors (Lipinski definition) is 4. The molecule has 4 N–H and O–H groups in total. The van der Waals surface area contributed by atoms with E-state index in [1.54, 1.807) is 31.5 Å². The number of hydrogen-bond acceptors (Lipinski definition) is 8. The van der Waals surface area contributed by atoms with Crippen molar-refractivity contribution < 1.29 is 19.1 Å². The molecule has 198 valence electrons. The summed E-state index contributed by atoms with van der Waals surface area (Å²) in [5.41, 5.74) is 2.22. The van der Waals surface area contributed by atoms with Gasteiger partial charge in [-0.1, -0.05) is 18.0 Å². The zero-order chi connectivity index (χ0) is 26.2. The summed E-state index contributed by atoms with van der Waals surface area (Å²) in [7, 11) is 1.54. The number of carbonyl (C=O) groups is 2. The number of nitrogens with one attached hydrogen (secondary N) is 4. The fraction of sp³-hybridized carbons (Fsp3) is 0.462. The summed E-state index contributed by atoms with van der Waals surface area (Å²) in [5.74, 6) is 1.05. The van der Waals surface area contributed by atoms with Gasteiger partial charge < -0.3 is 30.7 Å². The zero-order valence-corrected chi connectivity index (χ0v) is 21.9. The molecule has 37 heavy (non-hydrogen) atoms. The minimum atomic E-state index is -0.151. The Hall–Kier alpha value is -3.37. The van der Waals surface area contributed by atoms with Gasteiger partial charge in [-0.15, -0.1) is 0 Å². The highest BCUT2D eigenvalue weighted by Crippen LogP contribution is 2.31. The second-order valence-corrected chi connectivity index (χ2v) is 9.56. The Kier molecular flexibility index (Phi) is 9.19. The first kappa shape index (κ1) is 26.7. The highest BCUT2D eigenvalue weighted by Gasteiger charge is 2.22. The SMILES string of the molecule is COc1cc(C(=O)NC2CCOCC2)ccc1Nc1ncc(Cl)c(NC2CCCC/C2=C/NC(C)=O)n1. The molecule has 0 spiro atoms. The molecule has 1 unspecified atom stereocenters. The molecule has 1 aromatic carbocycles. The van der Waals surface area contributed by atoms with Gasteiger partial charge in [0.05, 0.1) is 25.0 Å². The lowest BCUT2D eigenvalue weighted by molar-refractivity contribution is -0.118. The molecule has 2 amide bonds. The van der Waals surface area contributed by atoms with E-state index in [0.717, 1.165) is 44.1 Å². The molecule has 2 fully saturated rings. The topological polar surface area (TPSA) is 127 Å². The van der Waals surface area contributed by atoms with Crippen LogP contribution in [0.15, 0.2) is 36.2 Å². The van der Waals surface area contributed by atoms with Gasteiger partial charge in [0.2, 0.25) is 11.9 Å². The fourth-order valence-electron chi connectivity index (χ4n) is 4.43. The third kappa shape index (κ3) is 7.33. The van der Waals surface area contributed by atoms with Crippen molar-refractivity contribution in [3.05, 3.63) is 46.8 Å². The van der Waals surface area contributed by atoms with Gasteiger partial charge >= 0.3 is 0 Å². The van der Waals surface area contributed by atoms with Crippen LogP contribution in [-0.2, 0) is 9.53 Å². The highest BCUT2D eigenvalue weighted by molar-refractivity contribution is 6.32. The minimum absolute atomic E-state index is 0.00362. The second-order valence-electron chi connectivity index (χ2n) is 9.15. The Balaban J connectivity index is 1.47. The van der Waals surface area contributed by atoms with Gasteiger partial charge in [-0.25, -0.2) is 4.98 Å². The maximum atomic E-state index is 12.7. The molecule has 1 aliphatic carbocycles. The number of amides is 2. The average Bonchev–Trinajstić information content (AvgIpc) is 2.90. The first-order valence-electron chi connectivity index (χ1n) is 12.5. The number of rotatable bonds is 8. The van der Waals surface area contributed by atoms with Crippen LogP contribution in [0.2, 0.25) is 5.02 Å². The number of methoxy groups -OCH3 is 1. The maximum Gasteiger partial charge on any atom is 0.251 e. The molecule has 0 radical (unpaired) electrons. The number of benzene rings is 1. The van der Waals surface area contributed by atoms with Crippen LogP contribution in [0.25, 0.3) is 0 Å². The van der Waals surface area contributed by atoms with Crippen molar-refractivity contribution in [1.29, 1.82) is 0 Å². The van der Waals surface area contributed by atoms with Crippen molar-refractivity contribution in [2.75, 3.05) is 31.0 Å². The number of ether oxygens (including phenoxy) is 2. The molecular weight excluding hydrogens is 496 g/mol. The Morgan fingerprint density at radius 1 is 1.19 bits per heavy atom. The third-order valence-corrected chi connectivity index (χ3v) is 6.72. The summed E-state index contributed by atoms with van der Waals surface area (Å²) >= 11 is 6.41. The van der Waals surface area contributed by atoms with Gasteiger partial charge in [0, 0.05) is 37.9 Å². The van der Waals surface area contributed by atoms with Crippen LogP contribution in [0, 0.1) is 0 Å². The van der Waals surface area contributed by atoms with Crippen LogP contribution in [0.4, 0.5) is 17.5 Å². The van der Waals surface area contributed by atoms with Crippen LogP contribution in [0.3, 0.4) is 0 Å². The molecule has 10 nitrogen and oxygen atoms in total. The van der Waals surface area contributed by atoms with Crippen molar-refractivity contribution in [3.63, 3.8) is 0 Å². The smallest absolute Gasteiger partial charge is 0.251 e. The van der Waals surface area contributed by atoms with Crippen LogP contribution in [0.5, 0.6) is 5.75 Å². The van der Waals surface area contributed by atoms with Gasteiger partial charge in [-0.2, -0.15) is 4.98 Å². The largest absolute Gasteiger partial charge is 0.495 e. The molecule has 1 aliphatic heterocycles. The monoisotopic (exact) mass is 528 g/mol. The Morgan fingerprint density at radius 3 is 2.76 bits per heavy atom. The summed E-state index contributed by atoms with van der Waals surface area (Å²) < 4.78 is 10.9. The normalized spacial score (nSPS) is 19.2. The maximum absolute atomic E-state index is 12.7. The number of carbonyl (C=O) groups excluding carboxylic acids is 2. The number of nitrogens with zero attached hydrogens (tertiary/aromatic N) is 2. The summed E-state index contributed by atoms with van der Waals surface area (Å²) in [5, 5.41) is 12.8. The summed E-state index contributed by atoms with van der Waals surface area (Å²) in [6, 6.07) is 5.29. The second kappa shape index (κ2) is 12.7. The van der Waals surface area contributed by atoms with Crippen LogP contribution in [-0.4, -0.2) is 54.2 Å². The number of halogens is 1. The van der Waals surface area contributed by atoms with E-state index in [9.17, 15) is 9.59 Å². The van der Waals surface area contributed by atoms with Crippen LogP contribution >= 0.6 is 11.6 Å². The molecule has 4 rings (SSSR count). The zero-order valence-electron chi connectivity index (χ0n) is 21.1. The molecule has 1 saturated carbocycles. The van der Waals surface area contributed by atoms with Crippen molar-refractivity contribution in [3.8, 4) is 5.75 Å². The van der Waals surface area contributed by atoms with E-state index in [1.165, 1.54) is 13.1 Å². The van der Waals surface area contributed by atoms with Gasteiger partial charge in [-0.3, -0.25) is 9.59 Å². The lowest BCUT2D eigenvalue weighted by Crippen LogP contribution is -2.38. The van der Waals surface area contributed by atoms with Gasteiger partial charge in [0.25, 0.3) is 5.91 Å². The Bertz CT molecular complexity index is 1150. The van der Waals surface area contributed by atoms with E-state index in [2.05, 4.69) is 31.2 Å². The standard InChI is InChI=1S/C26H33ClN6O4/c1-16(34)28-14-18-5-3-4-6-21(18)31-24-20(27)15-29-26(33-24)32-22-8-7-17(13-23(22)36-2)25(35)30-19-9-11-37-12-10-19/h7-8,13-15,19,21H,3-6,9-12H2,1-2H3,(H,28,34)(H,30,35)(H2,29,31,32,33)/b18-14-. The minimum Gasteiger partial charge on any atom is -0.495 e. The Morgan fingerprint density at radius 2 is 2.00 bits per heavy atom. The first-order valence-corrected chi connectivity index (χ1v) is 12.9. The van der Waals surface area contributed by atoms with Crippen LogP contribution in [0.1, 0.15) is 55.8 Å². The molecular formula is C26H33ClN6O4. The molecule has 0 bridgehead atoms. The van der Waals surface area contributed by atoms with E-state index >= 15 is 0 Å². The van der Waals surface area contributed by atoms with Crippen molar-refractivity contribution in [1.82, 2.24) is 20.6 Å². The van der Waals surface area contributed by atoms with E-state index in [1.807, 2.05) is 0 Å². The van der Waals surface area contributed by atoms with Gasteiger partial charge in [-0.05, 0) is 55.9 Å². The van der Waals surface area contributed by atoms with Crippen molar-refractivity contribution >= 4 is 40.9 Å². The molecule has 1 aromatic heterocycles. The lowest BCUT2D eigenvalue weighted by atomic mass is 9.90. The van der Waals surface area contributed by atoms with E-state index in [4.69, 9.17) is 21.1 Å². The molecule has 1 saturated heterocycles. The predicted octanol–water partition coefficient (Wildman–Crippen LogP) is 4.17. The highest BCUT2D eigenvalue weighted by atomic mass is 35.5. The van der Waals surface area contributed by atoms with Gasteiger partial charge in [0.15, 0.2) is 5.82 Å². The molecule has 2 aliphatic rings. The Labute approximate surface area is 221 Å². The van der Waals surface area contributed by atoms with E-state index < -0.39 is 0 Å². The first-order chi connectivity index (χ1) is 17.9. The van der Waals surface area contributed by atoms with E-state index in [0.29, 0.717) is 47.0 Å². The number of anilines is 3. The van der Waals surface area contributed by atoms with Crippen molar-refractivity contribution in [2.24, 2.45) is 0 Å². The molecule has 2 heterocycles. The van der Waals surface area contributed by atoms with Crippen molar-refractivity contribution in [2.45, 2.75) is 57.5 Å². The summed E-state index contributed by atoms with van der Waals surface area (Å²) in [6.07, 6.45) is 8.83. The van der Waals surface area contributed by atoms with E-state index in [-0.39, 0.29) is 23.9 Å². The summed E-state index contributed by atoms with van der Waals surface area (Å²) in [6.45, 7) is 2.80. The lowest BCUT2D eigenvalue weighted by Gasteiger charge is -2.27. The molecule has 2 aromatic rings. The number of aromatic nitrogens is 2. The fourth-order valence-corrected chi connectivity index (χ4v) is 4.58. The molecule has 1 atom stereocenters. The van der Waals surface area contributed by atoms with Crippen LogP contribution < -0.4 is 26.0 Å². The molecule has 11 heteroatoms. The third-order valence-electron chi connectivity index (χ3n) is 6.44. The summed E-state index contributed by atoms with van der Waals surface area (Å²) in [4.78, 5) is 33.0.